The Hall–Kier alpha value is -0.580. The quantitative estimate of drug-likeness (QED) is 0.701. The molecular formula is C16H26F6O4. The largest absolute Gasteiger partial charge is 0.522 e. The lowest BCUT2D eigenvalue weighted by Crippen LogP contribution is -2.29. The molecule has 2 fully saturated rings. The van der Waals surface area contributed by atoms with Gasteiger partial charge in [-0.1, -0.05) is 0 Å². The summed E-state index contributed by atoms with van der Waals surface area (Å²) >= 11 is 0. The highest BCUT2D eigenvalue weighted by Crippen LogP contribution is 2.31. The van der Waals surface area contributed by atoms with Gasteiger partial charge in [-0.05, 0) is 63.2 Å². The van der Waals surface area contributed by atoms with Crippen molar-refractivity contribution in [2.75, 3.05) is 13.2 Å². The van der Waals surface area contributed by atoms with Gasteiger partial charge in [0.25, 0.3) is 0 Å². The third-order valence-corrected chi connectivity index (χ3v) is 4.70. The summed E-state index contributed by atoms with van der Waals surface area (Å²) in [7, 11) is 0. The van der Waals surface area contributed by atoms with Gasteiger partial charge in [0.05, 0.1) is 12.2 Å². The molecule has 0 unspecified atom stereocenters. The van der Waals surface area contributed by atoms with Crippen LogP contribution in [-0.4, -0.2) is 48.4 Å². The Morgan fingerprint density at radius 1 is 0.577 bits per heavy atom. The molecule has 2 aliphatic carbocycles. The van der Waals surface area contributed by atoms with Crippen LogP contribution in [-0.2, 0) is 9.47 Å². The van der Waals surface area contributed by atoms with Crippen LogP contribution in [0.1, 0.15) is 51.4 Å². The average molecular weight is 396 g/mol. The van der Waals surface area contributed by atoms with Crippen LogP contribution >= 0.6 is 0 Å². The molecule has 10 heteroatoms. The summed E-state index contributed by atoms with van der Waals surface area (Å²) < 4.78 is 78.3. The van der Waals surface area contributed by atoms with Crippen molar-refractivity contribution in [2.24, 2.45) is 11.8 Å². The summed E-state index contributed by atoms with van der Waals surface area (Å²) in [6.07, 6.45) is -6.38. The van der Waals surface area contributed by atoms with E-state index in [2.05, 4.69) is 9.47 Å². The molecule has 0 radical (unpaired) electrons. The molecular weight excluding hydrogens is 370 g/mol. The number of alkyl halides is 6. The van der Waals surface area contributed by atoms with Crippen molar-refractivity contribution < 1.29 is 46.0 Å². The van der Waals surface area contributed by atoms with E-state index in [4.69, 9.17) is 10.2 Å². The molecule has 0 aromatic heterocycles. The summed E-state index contributed by atoms with van der Waals surface area (Å²) in [5.41, 5.74) is 0. The SMILES string of the molecule is OCC1CCC(OC(F)(F)F)CC1.OCC1CCC(OC(F)(F)F)CC1. The molecule has 4 nitrogen and oxygen atoms in total. The summed E-state index contributed by atoms with van der Waals surface area (Å²) in [5.74, 6) is 0.321. The van der Waals surface area contributed by atoms with Crippen LogP contribution in [0, 0.1) is 11.8 Å². The van der Waals surface area contributed by atoms with Crippen molar-refractivity contribution in [1.29, 1.82) is 0 Å². The Balaban J connectivity index is 0.000000260. The van der Waals surface area contributed by atoms with Gasteiger partial charge in [-0.2, -0.15) is 0 Å². The molecule has 0 spiro atoms. The number of ether oxygens (including phenoxy) is 2. The lowest BCUT2D eigenvalue weighted by atomic mass is 9.88. The zero-order chi connectivity index (χ0) is 19.8. The minimum Gasteiger partial charge on any atom is -0.396 e. The molecule has 0 heterocycles. The van der Waals surface area contributed by atoms with E-state index in [1.165, 1.54) is 0 Å². The molecule has 0 atom stereocenters. The van der Waals surface area contributed by atoms with Crippen molar-refractivity contribution in [2.45, 2.75) is 76.3 Å². The predicted octanol–water partition coefficient (Wildman–Crippen LogP) is 4.15. The number of hydrogen-bond donors (Lipinski definition) is 2. The van der Waals surface area contributed by atoms with E-state index in [1.807, 2.05) is 0 Å². The second-order valence-corrected chi connectivity index (χ2v) is 6.78. The molecule has 156 valence electrons. The van der Waals surface area contributed by atoms with Crippen molar-refractivity contribution in [1.82, 2.24) is 0 Å². The second kappa shape index (κ2) is 10.7. The Morgan fingerprint density at radius 2 is 0.846 bits per heavy atom. The minimum atomic E-state index is -4.52. The van der Waals surface area contributed by atoms with Gasteiger partial charge in [0, 0.05) is 13.2 Å². The Kier molecular flexibility index (Phi) is 9.63. The first-order chi connectivity index (χ1) is 12.0. The fourth-order valence-electron chi connectivity index (χ4n) is 3.24. The van der Waals surface area contributed by atoms with Gasteiger partial charge in [-0.25, -0.2) is 0 Å². The van der Waals surface area contributed by atoms with E-state index in [1.54, 1.807) is 0 Å². The predicted molar refractivity (Wildman–Crippen MR) is 79.9 cm³/mol. The monoisotopic (exact) mass is 396 g/mol. The highest BCUT2D eigenvalue weighted by molar-refractivity contribution is 4.73. The molecule has 0 saturated heterocycles. The van der Waals surface area contributed by atoms with Crippen LogP contribution in [0.2, 0.25) is 0 Å². The first-order valence-electron chi connectivity index (χ1n) is 8.73. The normalized spacial score (nSPS) is 30.5. The van der Waals surface area contributed by atoms with Crippen LogP contribution in [0.4, 0.5) is 26.3 Å². The first kappa shape index (κ1) is 23.5. The third kappa shape index (κ3) is 10.5. The maximum Gasteiger partial charge on any atom is 0.522 e. The Morgan fingerprint density at radius 3 is 1.04 bits per heavy atom. The van der Waals surface area contributed by atoms with E-state index < -0.39 is 24.9 Å². The van der Waals surface area contributed by atoms with Crippen molar-refractivity contribution in [3.63, 3.8) is 0 Å². The number of aliphatic hydroxyl groups is 2. The summed E-state index contributed by atoms with van der Waals surface area (Å²) in [6, 6.07) is 0. The zero-order valence-electron chi connectivity index (χ0n) is 14.4. The van der Waals surface area contributed by atoms with Gasteiger partial charge < -0.3 is 10.2 Å². The van der Waals surface area contributed by atoms with Gasteiger partial charge in [0.15, 0.2) is 0 Å². The maximum atomic E-state index is 11.7. The summed E-state index contributed by atoms with van der Waals surface area (Å²) in [5, 5.41) is 17.5. The van der Waals surface area contributed by atoms with Crippen molar-refractivity contribution in [3.05, 3.63) is 0 Å². The maximum absolute atomic E-state index is 11.7. The van der Waals surface area contributed by atoms with Crippen LogP contribution in [0.5, 0.6) is 0 Å². The molecule has 26 heavy (non-hydrogen) atoms. The average Bonchev–Trinajstić information content (AvgIpc) is 2.54. The highest BCUT2D eigenvalue weighted by atomic mass is 19.4. The molecule has 0 amide bonds. The molecule has 2 aliphatic rings. The molecule has 0 aromatic rings. The molecule has 2 N–H and O–H groups in total. The van der Waals surface area contributed by atoms with Gasteiger partial charge in [0.1, 0.15) is 0 Å². The van der Waals surface area contributed by atoms with Gasteiger partial charge in [-0.3, -0.25) is 9.47 Å². The van der Waals surface area contributed by atoms with Crippen LogP contribution in [0.3, 0.4) is 0 Å². The topological polar surface area (TPSA) is 58.9 Å². The van der Waals surface area contributed by atoms with Crippen molar-refractivity contribution >= 4 is 0 Å². The smallest absolute Gasteiger partial charge is 0.396 e. The fourth-order valence-corrected chi connectivity index (χ4v) is 3.24. The molecule has 0 bridgehead atoms. The van der Waals surface area contributed by atoms with E-state index >= 15 is 0 Å². The fraction of sp³-hybridized carbons (Fsp3) is 1.00. The van der Waals surface area contributed by atoms with E-state index in [-0.39, 0.29) is 25.0 Å². The number of hydrogen-bond acceptors (Lipinski definition) is 4. The Bertz CT molecular complexity index is 336. The first-order valence-corrected chi connectivity index (χ1v) is 8.73. The van der Waals surface area contributed by atoms with E-state index in [9.17, 15) is 26.3 Å². The lowest BCUT2D eigenvalue weighted by Gasteiger charge is -2.27. The molecule has 0 aliphatic heterocycles. The minimum absolute atomic E-state index is 0.0682. The molecule has 2 rings (SSSR count). The van der Waals surface area contributed by atoms with Crippen LogP contribution in [0.25, 0.3) is 0 Å². The van der Waals surface area contributed by atoms with Gasteiger partial charge >= 0.3 is 12.7 Å². The number of halogens is 6. The van der Waals surface area contributed by atoms with E-state index in [0.717, 1.165) is 0 Å². The van der Waals surface area contributed by atoms with Gasteiger partial charge in [0.2, 0.25) is 0 Å². The zero-order valence-corrected chi connectivity index (χ0v) is 14.4. The van der Waals surface area contributed by atoms with E-state index in [0.29, 0.717) is 51.4 Å². The summed E-state index contributed by atoms with van der Waals surface area (Å²) in [4.78, 5) is 0. The highest BCUT2D eigenvalue weighted by Gasteiger charge is 2.36. The second-order valence-electron chi connectivity index (χ2n) is 6.78. The lowest BCUT2D eigenvalue weighted by molar-refractivity contribution is -0.346. The number of aliphatic hydroxyl groups excluding tert-OH is 2. The van der Waals surface area contributed by atoms with Crippen LogP contribution < -0.4 is 0 Å². The van der Waals surface area contributed by atoms with Crippen LogP contribution in [0.15, 0.2) is 0 Å². The van der Waals surface area contributed by atoms with Crippen molar-refractivity contribution in [3.8, 4) is 0 Å². The molecule has 2 saturated carbocycles. The van der Waals surface area contributed by atoms with Gasteiger partial charge in [-0.15, -0.1) is 26.3 Å². The standard InChI is InChI=1S/2C8H13F3O2/c2*9-8(10,11)13-7-3-1-6(5-12)2-4-7/h2*6-7,12H,1-5H2. The Labute approximate surface area is 148 Å². The third-order valence-electron chi connectivity index (χ3n) is 4.70. The molecule has 0 aromatic carbocycles. The summed E-state index contributed by atoms with van der Waals surface area (Å²) in [6.45, 7) is 0.136. The number of rotatable bonds is 4.